The molecule has 10 heteroatoms. The van der Waals surface area contributed by atoms with Crippen LogP contribution in [-0.4, -0.2) is 47.4 Å². The first-order chi connectivity index (χ1) is 16.9. The Kier molecular flexibility index (Phi) is 7.21. The van der Waals surface area contributed by atoms with Crippen molar-refractivity contribution >= 4 is 27.8 Å². The smallest absolute Gasteiger partial charge is 0.264 e. The second kappa shape index (κ2) is 10.5. The Bertz CT molecular complexity index is 1340. The predicted octanol–water partition coefficient (Wildman–Crippen LogP) is 3.12. The second-order valence-electron chi connectivity index (χ2n) is 7.66. The lowest BCUT2D eigenvalue weighted by atomic mass is 10.2. The van der Waals surface area contributed by atoms with E-state index >= 15 is 0 Å². The summed E-state index contributed by atoms with van der Waals surface area (Å²) in [6.07, 6.45) is 1.43. The first kappa shape index (κ1) is 24.1. The molecule has 4 rings (SSSR count). The van der Waals surface area contributed by atoms with Crippen LogP contribution in [0.2, 0.25) is 0 Å². The van der Waals surface area contributed by atoms with Crippen molar-refractivity contribution < 1.29 is 27.4 Å². The van der Waals surface area contributed by atoms with E-state index < -0.39 is 22.5 Å². The van der Waals surface area contributed by atoms with Crippen molar-refractivity contribution in [2.75, 3.05) is 31.2 Å². The van der Waals surface area contributed by atoms with E-state index in [1.54, 1.807) is 54.6 Å². The third-order valence-electron chi connectivity index (χ3n) is 5.21. The molecule has 0 unspecified atom stereocenters. The van der Waals surface area contributed by atoms with Crippen molar-refractivity contribution in [1.82, 2.24) is 5.43 Å². The summed E-state index contributed by atoms with van der Waals surface area (Å²) in [7, 11) is -2.64. The molecule has 1 heterocycles. The zero-order chi connectivity index (χ0) is 24.8. The molecule has 0 spiro atoms. The summed E-state index contributed by atoms with van der Waals surface area (Å²) >= 11 is 0. The van der Waals surface area contributed by atoms with E-state index in [4.69, 9.17) is 14.2 Å². The molecule has 3 aromatic carbocycles. The number of fused-ring (bicyclic) bond motifs is 1. The first-order valence-electron chi connectivity index (χ1n) is 10.8. The summed E-state index contributed by atoms with van der Waals surface area (Å²) in [5.74, 6) is 0.818. The molecule has 1 aliphatic heterocycles. The normalized spacial score (nSPS) is 12.9. The van der Waals surface area contributed by atoms with Gasteiger partial charge in [-0.05, 0) is 48.9 Å². The molecule has 3 aromatic rings. The highest BCUT2D eigenvalue weighted by Crippen LogP contribution is 2.34. The number of nitrogens with one attached hydrogen (secondary N) is 1. The Hall–Kier alpha value is -4.05. The largest absolute Gasteiger partial charge is 0.495 e. The van der Waals surface area contributed by atoms with Gasteiger partial charge in [0.1, 0.15) is 25.5 Å². The van der Waals surface area contributed by atoms with Gasteiger partial charge in [-0.1, -0.05) is 30.3 Å². The van der Waals surface area contributed by atoms with Gasteiger partial charge in [0.2, 0.25) is 0 Å². The van der Waals surface area contributed by atoms with Gasteiger partial charge in [0, 0.05) is 5.56 Å². The number of hydrogen-bond donors (Lipinski definition) is 1. The first-order valence-corrected chi connectivity index (χ1v) is 12.3. The summed E-state index contributed by atoms with van der Waals surface area (Å²) in [6, 6.07) is 18.4. The van der Waals surface area contributed by atoms with Gasteiger partial charge in [0.25, 0.3) is 15.9 Å². The van der Waals surface area contributed by atoms with Gasteiger partial charge in [0.05, 0.1) is 23.9 Å². The highest BCUT2D eigenvalue weighted by Gasteiger charge is 2.29. The lowest BCUT2D eigenvalue weighted by Gasteiger charge is -2.25. The average Bonchev–Trinajstić information content (AvgIpc) is 2.88. The summed E-state index contributed by atoms with van der Waals surface area (Å²) in [5.41, 5.74) is 4.08. The summed E-state index contributed by atoms with van der Waals surface area (Å²) < 4.78 is 44.6. The molecule has 35 heavy (non-hydrogen) atoms. The standard InChI is InChI=1S/C25H25N3O6S/c1-18-11-12-22(32-2)21(15-18)28(35(30,31)20-8-4-3-5-9-20)17-24(29)27-26-16-19-7-6-10-23-25(19)34-14-13-33-23/h3-12,15-16H,13-14,17H2,1-2H3,(H,27,29)/b26-16-. The summed E-state index contributed by atoms with van der Waals surface area (Å²) in [4.78, 5) is 12.9. The highest BCUT2D eigenvalue weighted by atomic mass is 32.2. The molecule has 1 N–H and O–H groups in total. The van der Waals surface area contributed by atoms with Gasteiger partial charge in [-0.15, -0.1) is 0 Å². The number of aryl methyl sites for hydroxylation is 1. The van der Waals surface area contributed by atoms with Crippen LogP contribution in [0, 0.1) is 6.92 Å². The number of ether oxygens (including phenoxy) is 3. The molecule has 0 radical (unpaired) electrons. The molecule has 0 aliphatic carbocycles. The van der Waals surface area contributed by atoms with Crippen LogP contribution in [0.15, 0.2) is 76.7 Å². The zero-order valence-electron chi connectivity index (χ0n) is 19.3. The van der Waals surface area contributed by atoms with Crippen LogP contribution in [0.5, 0.6) is 17.2 Å². The zero-order valence-corrected chi connectivity index (χ0v) is 20.1. The third kappa shape index (κ3) is 5.38. The topological polar surface area (TPSA) is 107 Å². The van der Waals surface area contributed by atoms with Crippen LogP contribution in [0.3, 0.4) is 0 Å². The fraction of sp³-hybridized carbons (Fsp3) is 0.200. The predicted molar refractivity (Wildman–Crippen MR) is 132 cm³/mol. The molecule has 182 valence electrons. The van der Waals surface area contributed by atoms with E-state index in [2.05, 4.69) is 10.5 Å². The Morgan fingerprint density at radius 2 is 1.86 bits per heavy atom. The number of rotatable bonds is 8. The lowest BCUT2D eigenvalue weighted by Crippen LogP contribution is -2.39. The minimum atomic E-state index is -4.08. The van der Waals surface area contributed by atoms with Gasteiger partial charge in [-0.2, -0.15) is 5.10 Å². The maximum absolute atomic E-state index is 13.5. The van der Waals surface area contributed by atoms with Gasteiger partial charge >= 0.3 is 0 Å². The van der Waals surface area contributed by atoms with Gasteiger partial charge in [-0.3, -0.25) is 9.10 Å². The molecule has 1 aliphatic rings. The number of amides is 1. The maximum atomic E-state index is 13.5. The number of anilines is 1. The fourth-order valence-electron chi connectivity index (χ4n) is 3.55. The van der Waals surface area contributed by atoms with E-state index in [-0.39, 0.29) is 10.6 Å². The van der Waals surface area contributed by atoms with E-state index in [1.165, 1.54) is 25.5 Å². The maximum Gasteiger partial charge on any atom is 0.264 e. The average molecular weight is 496 g/mol. The molecule has 1 amide bonds. The van der Waals surface area contributed by atoms with Crippen molar-refractivity contribution in [2.45, 2.75) is 11.8 Å². The molecule has 9 nitrogen and oxygen atoms in total. The molecule has 0 atom stereocenters. The Morgan fingerprint density at radius 3 is 2.63 bits per heavy atom. The molecule has 0 saturated carbocycles. The van der Waals surface area contributed by atoms with Crippen molar-refractivity contribution in [1.29, 1.82) is 0 Å². The molecule has 0 fully saturated rings. The number of para-hydroxylation sites is 1. The molecule has 0 saturated heterocycles. The number of nitrogens with zero attached hydrogens (tertiary/aromatic N) is 2. The van der Waals surface area contributed by atoms with E-state index in [0.717, 1.165) is 9.87 Å². The third-order valence-corrected chi connectivity index (χ3v) is 6.98. The molecular weight excluding hydrogens is 470 g/mol. The summed E-state index contributed by atoms with van der Waals surface area (Å²) in [6.45, 7) is 2.18. The van der Waals surface area contributed by atoms with E-state index in [1.807, 2.05) is 6.92 Å². The van der Waals surface area contributed by atoms with Crippen molar-refractivity contribution in [2.24, 2.45) is 5.10 Å². The highest BCUT2D eigenvalue weighted by molar-refractivity contribution is 7.92. The fourth-order valence-corrected chi connectivity index (χ4v) is 5.00. The Balaban J connectivity index is 1.60. The minimum absolute atomic E-state index is 0.0490. The van der Waals surface area contributed by atoms with Crippen LogP contribution >= 0.6 is 0 Å². The van der Waals surface area contributed by atoms with Crippen LogP contribution in [-0.2, 0) is 14.8 Å². The number of methoxy groups -OCH3 is 1. The number of carbonyl (C=O) groups is 1. The van der Waals surface area contributed by atoms with Crippen LogP contribution in [0.4, 0.5) is 5.69 Å². The number of hydrogen-bond acceptors (Lipinski definition) is 7. The molecule has 0 bridgehead atoms. The monoisotopic (exact) mass is 495 g/mol. The van der Waals surface area contributed by atoms with Crippen molar-refractivity contribution in [3.05, 3.63) is 77.9 Å². The Morgan fingerprint density at radius 1 is 1.09 bits per heavy atom. The van der Waals surface area contributed by atoms with Crippen LogP contribution in [0.25, 0.3) is 0 Å². The Labute approximate surface area is 204 Å². The molecular formula is C25H25N3O6S. The second-order valence-corrected chi connectivity index (χ2v) is 9.53. The van der Waals surface area contributed by atoms with E-state index in [0.29, 0.717) is 36.0 Å². The number of hydrazone groups is 1. The van der Waals surface area contributed by atoms with Crippen LogP contribution in [0.1, 0.15) is 11.1 Å². The quantitative estimate of drug-likeness (QED) is 0.380. The molecule has 0 aromatic heterocycles. The van der Waals surface area contributed by atoms with Crippen molar-refractivity contribution in [3.63, 3.8) is 0 Å². The van der Waals surface area contributed by atoms with Gasteiger partial charge < -0.3 is 14.2 Å². The lowest BCUT2D eigenvalue weighted by molar-refractivity contribution is -0.119. The van der Waals surface area contributed by atoms with Crippen LogP contribution < -0.4 is 23.9 Å². The number of carbonyl (C=O) groups excluding carboxylic acids is 1. The SMILES string of the molecule is COc1ccc(C)cc1N(CC(=O)N/N=C\c1cccc2c1OCCO2)S(=O)(=O)c1ccccc1. The number of benzene rings is 3. The minimum Gasteiger partial charge on any atom is -0.495 e. The van der Waals surface area contributed by atoms with E-state index in [9.17, 15) is 13.2 Å². The number of sulfonamides is 1. The summed E-state index contributed by atoms with van der Waals surface area (Å²) in [5, 5.41) is 4.00. The van der Waals surface area contributed by atoms with Gasteiger partial charge in [-0.25, -0.2) is 13.8 Å². The van der Waals surface area contributed by atoms with Gasteiger partial charge in [0.15, 0.2) is 11.5 Å². The van der Waals surface area contributed by atoms with Crippen molar-refractivity contribution in [3.8, 4) is 17.2 Å².